The molecule has 2 amide bonds. The number of anilines is 2. The number of hydrogen-bond donors (Lipinski definition) is 1. The summed E-state index contributed by atoms with van der Waals surface area (Å²) in [4.78, 5) is 26.7. The molecule has 0 aliphatic carbocycles. The van der Waals surface area contributed by atoms with Gasteiger partial charge in [0.1, 0.15) is 0 Å². The van der Waals surface area contributed by atoms with E-state index >= 15 is 0 Å². The predicted molar refractivity (Wildman–Crippen MR) is 119 cm³/mol. The Balaban J connectivity index is 1.71. The molecule has 1 fully saturated rings. The van der Waals surface area contributed by atoms with Crippen LogP contribution in [0.15, 0.2) is 42.5 Å². The standard InChI is InChI=1S/C21H24ClN3O4S/c1-3-24(4-2)21(27)18-11-8-16(14-19(18)22)23-20(26)15-6-9-17(10-7-15)25-12-5-13-30(25,28)29/h6-11,14H,3-5,12-13H2,1-2H3,(H,23,26). The summed E-state index contributed by atoms with van der Waals surface area (Å²) in [5, 5.41) is 3.01. The summed E-state index contributed by atoms with van der Waals surface area (Å²) in [6, 6.07) is 11.2. The summed E-state index contributed by atoms with van der Waals surface area (Å²) >= 11 is 6.27. The number of carbonyl (C=O) groups is 2. The molecule has 7 nitrogen and oxygen atoms in total. The third-order valence-electron chi connectivity index (χ3n) is 5.02. The van der Waals surface area contributed by atoms with Gasteiger partial charge in [-0.3, -0.25) is 13.9 Å². The molecule has 0 bridgehead atoms. The average molecular weight is 450 g/mol. The van der Waals surface area contributed by atoms with E-state index in [-0.39, 0.29) is 22.6 Å². The first-order valence-electron chi connectivity index (χ1n) is 9.77. The second kappa shape index (κ2) is 9.06. The van der Waals surface area contributed by atoms with Crippen LogP contribution < -0.4 is 9.62 Å². The van der Waals surface area contributed by atoms with Gasteiger partial charge in [-0.1, -0.05) is 11.6 Å². The zero-order chi connectivity index (χ0) is 21.9. The fourth-order valence-corrected chi connectivity index (χ4v) is 5.19. The van der Waals surface area contributed by atoms with Crippen LogP contribution in [0, 0.1) is 0 Å². The topological polar surface area (TPSA) is 86.8 Å². The van der Waals surface area contributed by atoms with E-state index in [1.807, 2.05) is 13.8 Å². The summed E-state index contributed by atoms with van der Waals surface area (Å²) in [7, 11) is -3.26. The minimum absolute atomic E-state index is 0.142. The third kappa shape index (κ3) is 4.60. The maximum atomic E-state index is 12.5. The molecule has 1 N–H and O–H groups in total. The van der Waals surface area contributed by atoms with Crippen molar-refractivity contribution in [3.05, 3.63) is 58.6 Å². The number of nitrogens with one attached hydrogen (secondary N) is 1. The molecule has 1 heterocycles. The number of rotatable bonds is 6. The van der Waals surface area contributed by atoms with Crippen LogP contribution in [-0.2, 0) is 10.0 Å². The Hall–Kier alpha value is -2.58. The molecule has 0 atom stereocenters. The number of benzene rings is 2. The van der Waals surface area contributed by atoms with Gasteiger partial charge in [-0.05, 0) is 62.7 Å². The third-order valence-corrected chi connectivity index (χ3v) is 7.21. The van der Waals surface area contributed by atoms with E-state index in [4.69, 9.17) is 11.6 Å². The first kappa shape index (κ1) is 22.1. The monoisotopic (exact) mass is 449 g/mol. The minimum Gasteiger partial charge on any atom is -0.339 e. The molecular weight excluding hydrogens is 426 g/mol. The highest BCUT2D eigenvalue weighted by Crippen LogP contribution is 2.25. The van der Waals surface area contributed by atoms with Gasteiger partial charge in [0.05, 0.1) is 22.0 Å². The molecule has 0 spiro atoms. The Morgan fingerprint density at radius 1 is 1.10 bits per heavy atom. The van der Waals surface area contributed by atoms with Gasteiger partial charge in [0, 0.05) is 30.9 Å². The zero-order valence-electron chi connectivity index (χ0n) is 16.9. The lowest BCUT2D eigenvalue weighted by atomic mass is 10.1. The quantitative estimate of drug-likeness (QED) is 0.729. The van der Waals surface area contributed by atoms with Crippen molar-refractivity contribution in [3.63, 3.8) is 0 Å². The van der Waals surface area contributed by atoms with E-state index in [1.165, 1.54) is 4.31 Å². The van der Waals surface area contributed by atoms with Gasteiger partial charge in [-0.15, -0.1) is 0 Å². The Bertz CT molecular complexity index is 1050. The van der Waals surface area contributed by atoms with Gasteiger partial charge >= 0.3 is 0 Å². The summed E-state index contributed by atoms with van der Waals surface area (Å²) < 4.78 is 25.4. The van der Waals surface area contributed by atoms with Crippen molar-refractivity contribution in [2.75, 3.05) is 35.0 Å². The second-order valence-corrected chi connectivity index (χ2v) is 9.33. The number of halogens is 1. The Morgan fingerprint density at radius 3 is 2.30 bits per heavy atom. The molecule has 1 aliphatic rings. The molecule has 0 saturated carbocycles. The lowest BCUT2D eigenvalue weighted by Crippen LogP contribution is -2.30. The number of hydrogen-bond acceptors (Lipinski definition) is 4. The number of amides is 2. The second-order valence-electron chi connectivity index (χ2n) is 6.91. The number of nitrogens with zero attached hydrogens (tertiary/aromatic N) is 2. The van der Waals surface area contributed by atoms with Crippen molar-refractivity contribution in [2.45, 2.75) is 20.3 Å². The summed E-state index contributed by atoms with van der Waals surface area (Å²) in [5.74, 6) is -0.372. The van der Waals surface area contributed by atoms with E-state index < -0.39 is 10.0 Å². The maximum absolute atomic E-state index is 12.5. The van der Waals surface area contributed by atoms with Gasteiger partial charge in [0.2, 0.25) is 10.0 Å². The molecule has 30 heavy (non-hydrogen) atoms. The van der Waals surface area contributed by atoms with Gasteiger partial charge in [0.25, 0.3) is 11.8 Å². The molecule has 2 aromatic carbocycles. The molecule has 2 aromatic rings. The molecule has 0 radical (unpaired) electrons. The zero-order valence-corrected chi connectivity index (χ0v) is 18.5. The van der Waals surface area contributed by atoms with Crippen LogP contribution in [0.4, 0.5) is 11.4 Å². The van der Waals surface area contributed by atoms with Crippen molar-refractivity contribution in [1.82, 2.24) is 4.90 Å². The van der Waals surface area contributed by atoms with Crippen molar-refractivity contribution in [2.24, 2.45) is 0 Å². The first-order chi connectivity index (χ1) is 14.3. The molecule has 0 aromatic heterocycles. The molecule has 160 valence electrons. The van der Waals surface area contributed by atoms with E-state index in [9.17, 15) is 18.0 Å². The number of carbonyl (C=O) groups excluding carboxylic acids is 2. The van der Waals surface area contributed by atoms with Gasteiger partial charge in [-0.25, -0.2) is 8.42 Å². The van der Waals surface area contributed by atoms with Gasteiger partial charge in [0.15, 0.2) is 0 Å². The smallest absolute Gasteiger partial charge is 0.255 e. The van der Waals surface area contributed by atoms with Gasteiger partial charge < -0.3 is 10.2 Å². The molecule has 9 heteroatoms. The highest BCUT2D eigenvalue weighted by Gasteiger charge is 2.28. The van der Waals surface area contributed by atoms with Crippen molar-refractivity contribution in [1.29, 1.82) is 0 Å². The van der Waals surface area contributed by atoms with Crippen LogP contribution in [0.1, 0.15) is 41.0 Å². The summed E-state index contributed by atoms with van der Waals surface area (Å²) in [6.45, 7) is 5.41. The molecule has 3 rings (SSSR count). The van der Waals surface area contributed by atoms with E-state index in [0.717, 1.165) is 0 Å². The highest BCUT2D eigenvalue weighted by molar-refractivity contribution is 7.93. The molecule has 0 unspecified atom stereocenters. The van der Waals surface area contributed by atoms with Crippen LogP contribution >= 0.6 is 11.6 Å². The maximum Gasteiger partial charge on any atom is 0.255 e. The molecule has 1 saturated heterocycles. The van der Waals surface area contributed by atoms with Gasteiger partial charge in [-0.2, -0.15) is 0 Å². The van der Waals surface area contributed by atoms with E-state index in [2.05, 4.69) is 5.32 Å². The van der Waals surface area contributed by atoms with Crippen LogP contribution in [0.2, 0.25) is 5.02 Å². The average Bonchev–Trinajstić information content (AvgIpc) is 3.08. The Morgan fingerprint density at radius 2 is 1.77 bits per heavy atom. The lowest BCUT2D eigenvalue weighted by molar-refractivity contribution is 0.0773. The van der Waals surface area contributed by atoms with Crippen molar-refractivity contribution >= 4 is 44.8 Å². The normalized spacial score (nSPS) is 15.1. The van der Waals surface area contributed by atoms with Crippen LogP contribution in [-0.4, -0.2) is 50.5 Å². The fourth-order valence-electron chi connectivity index (χ4n) is 3.36. The molecule has 1 aliphatic heterocycles. The number of sulfonamides is 1. The summed E-state index contributed by atoms with van der Waals surface area (Å²) in [6.07, 6.45) is 0.595. The summed E-state index contributed by atoms with van der Waals surface area (Å²) in [5.41, 5.74) is 1.78. The first-order valence-corrected chi connectivity index (χ1v) is 11.8. The van der Waals surface area contributed by atoms with Crippen LogP contribution in [0.25, 0.3) is 0 Å². The Labute approximate surface area is 181 Å². The van der Waals surface area contributed by atoms with Crippen LogP contribution in [0.5, 0.6) is 0 Å². The van der Waals surface area contributed by atoms with Crippen LogP contribution in [0.3, 0.4) is 0 Å². The lowest BCUT2D eigenvalue weighted by Gasteiger charge is -2.19. The minimum atomic E-state index is -3.26. The van der Waals surface area contributed by atoms with E-state index in [1.54, 1.807) is 47.4 Å². The van der Waals surface area contributed by atoms with E-state index in [0.29, 0.717) is 48.6 Å². The predicted octanol–water partition coefficient (Wildman–Crippen LogP) is 3.61. The van der Waals surface area contributed by atoms with Crippen molar-refractivity contribution in [3.8, 4) is 0 Å². The molecular formula is C21H24ClN3O4S. The largest absolute Gasteiger partial charge is 0.339 e. The Kier molecular flexibility index (Phi) is 6.67. The fraction of sp³-hybridized carbons (Fsp3) is 0.333. The SMILES string of the molecule is CCN(CC)C(=O)c1ccc(NC(=O)c2ccc(N3CCCS3(=O)=O)cc2)cc1Cl. The highest BCUT2D eigenvalue weighted by atomic mass is 35.5. The van der Waals surface area contributed by atoms with Crippen molar-refractivity contribution < 1.29 is 18.0 Å².